The Balaban J connectivity index is 0.000000131. The van der Waals surface area contributed by atoms with E-state index in [0.29, 0.717) is 98.7 Å². The third kappa shape index (κ3) is 30.1. The van der Waals surface area contributed by atoms with Gasteiger partial charge in [0.2, 0.25) is 58.7 Å². The first kappa shape index (κ1) is 105. The highest BCUT2D eigenvalue weighted by atomic mass is 32.1. The zero-order valence-corrected chi connectivity index (χ0v) is 85.5. The van der Waals surface area contributed by atoms with Crippen LogP contribution < -0.4 is 65.6 Å². The number of nitrogens with two attached hydrogens (primary N) is 4. The number of aromatic nitrogens is 19. The second kappa shape index (κ2) is 52.2. The number of hydrogen-bond acceptors (Lipinski definition) is 30. The van der Waals surface area contributed by atoms with E-state index in [0.717, 1.165) is 148 Å². The van der Waals surface area contributed by atoms with Gasteiger partial charge >= 0.3 is 0 Å². The Morgan fingerprint density at radius 2 is 0.727 bits per heavy atom. The smallest absolute Gasteiger partial charge is 0.219 e. The van der Waals surface area contributed by atoms with Gasteiger partial charge in [-0.1, -0.05) is 99.6 Å². The molecule has 0 fully saturated rings. The van der Waals surface area contributed by atoms with Crippen LogP contribution in [0.4, 0.5) is 22.7 Å². The summed E-state index contributed by atoms with van der Waals surface area (Å²) in [5.74, 6) is 10.8. The average Bonchev–Trinajstić information content (AvgIpc) is 1.13. The first-order chi connectivity index (χ1) is 73.0. The Morgan fingerprint density at radius 1 is 0.307 bits per heavy atom. The third-order valence-electron chi connectivity index (χ3n) is 23.1. The number of pyridine rings is 10. The first-order valence-corrected chi connectivity index (χ1v) is 48.7. The fraction of sp³-hybridized carbons (Fsp3) is 0.128. The standard InChI is InChI=1S/C20H20N2O2.C19H18N2O.C18H17N3O2.C17H16N2OS.2C15H14N4O.C13H12N6O/c1-4-15-12-22-20(11-14(15)2)24-18-8-5-16(6-9-18)17-7-10-19(23-3)21-13-17;1-3-15-9-12-19(21-14(15)2)22-17-10-11-18(20-13-17)16-7-5-4-6-8-16;1-12-9-18(21-11-16(12)19)23-15-5-3-13(4-6-15)14-7-8-20-17(10-14)22-2;1-3-13-6-9-16(19-12(13)2)20-15-7-4-14(5-8-15)17-18-10-11-21-17;1-10-6-15(17-9-14(10)16)20-13-4-2-11(3-5-13)12-7-18-19-8-12;1-10-6-15(18-7-13(10)16)20-12-4-2-11(3-5-12)14-8-17-9-19-14;1-8-6-12(15-7-11(8)14)20-10-4-2-9(3-5-10)13-16-18-19-17-13/h5-13H,4H2,1-3H3;4-13H,3H2,1-2H3;3-11H,19H2,1-2H3;4-11H,3H2,1-2H3;2-9H,16H2,1H3,(H,18,19);2-9H,16H2,1H3,(H,17,19);2-7H,14H2,1H3,(H,16,17,18,19). The van der Waals surface area contributed by atoms with Crippen LogP contribution in [0.15, 0.2) is 353 Å². The van der Waals surface area contributed by atoms with Gasteiger partial charge < -0.3 is 70.6 Å². The number of anilines is 4. The number of benzene rings is 7. The molecule has 754 valence electrons. The molecule has 14 heterocycles. The number of nitrogen functional groups attached to an aromatic ring is 4. The average molecular weight is 2020 g/mol. The SMILES string of the molecule is CCc1ccc(Oc2ccc(-c3ccccc3)nc2)nc1C.CCc1ccc(Oc2ccc(-c3nccs3)cc2)nc1C.CCc1cnc(Oc2ccc(-c3ccc(OC)nc3)cc2)cc1C.COc1cc(-c2ccc(Oc3cc(C)c(N)cn3)cc2)ccn1.Cc1cc(Oc2ccc(-c3cn[nH]c3)cc2)ncc1N.Cc1cc(Oc2ccc(-c3cnc[nH]3)cc2)ncc1N.Cc1cc(Oc2ccc(-c3nn[nH]n3)cc2)ncc1N. The monoisotopic (exact) mass is 2010 g/mol. The number of thiazole rings is 1. The van der Waals surface area contributed by atoms with Crippen LogP contribution in [0.5, 0.6) is 93.2 Å². The van der Waals surface area contributed by atoms with Gasteiger partial charge in [-0.3, -0.25) is 10.1 Å². The van der Waals surface area contributed by atoms with Gasteiger partial charge in [-0.2, -0.15) is 10.3 Å². The maximum Gasteiger partial charge on any atom is 0.219 e. The van der Waals surface area contributed by atoms with Crippen LogP contribution in [0.1, 0.15) is 76.7 Å². The van der Waals surface area contributed by atoms with Crippen molar-refractivity contribution in [3.8, 4) is 171 Å². The number of aryl methyl sites for hydroxylation is 10. The minimum Gasteiger partial charge on any atom is -0.481 e. The summed E-state index contributed by atoms with van der Waals surface area (Å²) < 4.78 is 50.4. The van der Waals surface area contributed by atoms with Crippen LogP contribution in [0.3, 0.4) is 0 Å². The molecule has 0 aliphatic carbocycles. The summed E-state index contributed by atoms with van der Waals surface area (Å²) in [4.78, 5) is 54.0. The molecule has 0 saturated carbocycles. The van der Waals surface area contributed by atoms with E-state index in [2.05, 4.69) is 135 Å². The van der Waals surface area contributed by atoms with Crippen molar-refractivity contribution in [2.45, 2.75) is 88.5 Å². The van der Waals surface area contributed by atoms with Crippen molar-refractivity contribution in [1.82, 2.24) is 95.6 Å². The maximum atomic E-state index is 5.84. The molecule has 0 amide bonds. The van der Waals surface area contributed by atoms with Crippen LogP contribution >= 0.6 is 11.3 Å². The number of H-pyrrole nitrogens is 3. The van der Waals surface area contributed by atoms with Gasteiger partial charge in [0, 0.05) is 130 Å². The van der Waals surface area contributed by atoms with Crippen molar-refractivity contribution in [2.75, 3.05) is 37.2 Å². The summed E-state index contributed by atoms with van der Waals surface area (Å²) in [5, 5.41) is 23.5. The van der Waals surface area contributed by atoms with E-state index in [4.69, 9.17) is 65.6 Å². The van der Waals surface area contributed by atoms with E-state index in [-0.39, 0.29) is 0 Å². The quantitative estimate of drug-likeness (QED) is 0.0265. The van der Waals surface area contributed by atoms with E-state index < -0.39 is 0 Å². The highest BCUT2D eigenvalue weighted by molar-refractivity contribution is 7.13. The number of nitrogens with zero attached hydrogens (tertiary/aromatic N) is 16. The van der Waals surface area contributed by atoms with Crippen LogP contribution in [-0.4, -0.2) is 110 Å². The Labute approximate surface area is 872 Å². The van der Waals surface area contributed by atoms with Crippen LogP contribution in [0.2, 0.25) is 0 Å². The van der Waals surface area contributed by atoms with Crippen molar-refractivity contribution < 1.29 is 42.6 Å². The lowest BCUT2D eigenvalue weighted by Crippen LogP contribution is -1.94. The molecule has 0 spiro atoms. The molecule has 0 saturated heterocycles. The van der Waals surface area contributed by atoms with Gasteiger partial charge in [-0.15, -0.1) is 21.5 Å². The molecule has 7 aromatic carbocycles. The van der Waals surface area contributed by atoms with Crippen LogP contribution in [0, 0.1) is 48.5 Å². The number of methoxy groups -OCH3 is 2. The Kier molecular flexibility index (Phi) is 36.5. The minimum atomic E-state index is 0.504. The normalized spacial score (nSPS) is 10.5. The topological polar surface area (TPSA) is 441 Å². The highest BCUT2D eigenvalue weighted by Crippen LogP contribution is 2.36. The molecule has 21 aromatic rings. The predicted molar refractivity (Wildman–Crippen MR) is 586 cm³/mol. The summed E-state index contributed by atoms with van der Waals surface area (Å²) in [6.07, 6.45) is 25.3. The summed E-state index contributed by atoms with van der Waals surface area (Å²) >= 11 is 1.63. The summed E-state index contributed by atoms with van der Waals surface area (Å²) in [6, 6.07) is 85.1. The second-order valence-electron chi connectivity index (χ2n) is 33.6. The van der Waals surface area contributed by atoms with E-state index in [9.17, 15) is 0 Å². The van der Waals surface area contributed by atoms with E-state index in [1.807, 2.05) is 314 Å². The first-order valence-electron chi connectivity index (χ1n) is 47.8. The zero-order valence-electron chi connectivity index (χ0n) is 84.7. The molecule has 0 unspecified atom stereocenters. The molecule has 21 rings (SSSR count). The summed E-state index contributed by atoms with van der Waals surface area (Å²) in [5.41, 5.74) is 48.6. The largest absolute Gasteiger partial charge is 0.481 e. The van der Waals surface area contributed by atoms with Crippen molar-refractivity contribution in [1.29, 1.82) is 0 Å². The van der Waals surface area contributed by atoms with E-state index in [1.54, 1.807) is 93.7 Å². The summed E-state index contributed by atoms with van der Waals surface area (Å²) in [7, 11) is 3.21. The molecule has 0 atom stereocenters. The van der Waals surface area contributed by atoms with E-state index in [1.165, 1.54) is 22.3 Å². The number of hydrogen-bond donors (Lipinski definition) is 7. The lowest BCUT2D eigenvalue weighted by Gasteiger charge is -2.09. The number of aromatic amines is 3. The van der Waals surface area contributed by atoms with Crippen LogP contribution in [-0.2, 0) is 19.3 Å². The third-order valence-corrected chi connectivity index (χ3v) is 24.0. The Morgan fingerprint density at radius 3 is 1.12 bits per heavy atom. The van der Waals surface area contributed by atoms with Gasteiger partial charge in [0.25, 0.3) is 0 Å². The number of ether oxygens (including phenoxy) is 9. The lowest BCUT2D eigenvalue weighted by atomic mass is 10.1. The fourth-order valence-corrected chi connectivity index (χ4v) is 15.1. The lowest BCUT2D eigenvalue weighted by molar-refractivity contribution is 0.398. The van der Waals surface area contributed by atoms with Crippen molar-refractivity contribution in [3.63, 3.8) is 0 Å². The number of rotatable bonds is 26. The van der Waals surface area contributed by atoms with Gasteiger partial charge in [0.15, 0.2) is 0 Å². The molecule has 0 aliphatic rings. The number of nitrogens with one attached hydrogen (secondary N) is 3. The molecule has 32 nitrogen and oxygen atoms in total. The molecule has 11 N–H and O–H groups in total. The van der Waals surface area contributed by atoms with Crippen molar-refractivity contribution in [2.24, 2.45) is 0 Å². The fourth-order valence-electron chi connectivity index (χ4n) is 14.5. The predicted octanol–water partition coefficient (Wildman–Crippen LogP) is 26.6. The molecule has 33 heteroatoms. The molecule has 0 bridgehead atoms. The van der Waals surface area contributed by atoms with E-state index >= 15 is 0 Å². The van der Waals surface area contributed by atoms with Crippen LogP contribution in [0.25, 0.3) is 77.9 Å². The number of tetrazole rings is 1. The van der Waals surface area contributed by atoms with Gasteiger partial charge in [-0.05, 0) is 279 Å². The van der Waals surface area contributed by atoms with Crippen molar-refractivity contribution >= 4 is 34.1 Å². The highest BCUT2D eigenvalue weighted by Gasteiger charge is 2.15. The van der Waals surface area contributed by atoms with Gasteiger partial charge in [0.1, 0.15) is 45.3 Å². The summed E-state index contributed by atoms with van der Waals surface area (Å²) in [6.45, 7) is 20.1. The number of imidazole rings is 1. The minimum absolute atomic E-state index is 0.504. The van der Waals surface area contributed by atoms with Gasteiger partial charge in [0.05, 0.1) is 98.1 Å². The van der Waals surface area contributed by atoms with Gasteiger partial charge in [-0.25, -0.2) is 54.8 Å². The molecule has 14 aromatic heterocycles. The zero-order chi connectivity index (χ0) is 105. The maximum absolute atomic E-state index is 5.84. The molecular weight excluding hydrogens is 1900 g/mol. The van der Waals surface area contributed by atoms with Crippen molar-refractivity contribution in [3.05, 3.63) is 409 Å². The molecular formula is C117H111N23O9S. The molecule has 0 aliphatic heterocycles. The second-order valence-corrected chi connectivity index (χ2v) is 34.5. The Hall–Kier alpha value is -19.4. The molecule has 150 heavy (non-hydrogen) atoms. The Bertz CT molecular complexity index is 7530. The molecule has 0 radical (unpaired) electrons.